The van der Waals surface area contributed by atoms with E-state index in [-0.39, 0.29) is 0 Å². The molecule has 6 nitrogen and oxygen atoms in total. The van der Waals surface area contributed by atoms with Crippen molar-refractivity contribution in [1.82, 2.24) is 29.9 Å². The van der Waals surface area contributed by atoms with Crippen molar-refractivity contribution < 1.29 is 0 Å². The molecule has 0 aliphatic rings. The van der Waals surface area contributed by atoms with Gasteiger partial charge in [0.05, 0.1) is 0 Å². The number of benzene rings is 2. The fourth-order valence-electron chi connectivity index (χ4n) is 2.72. The van der Waals surface area contributed by atoms with E-state index < -0.39 is 0 Å². The van der Waals surface area contributed by atoms with Crippen molar-refractivity contribution in [3.63, 3.8) is 0 Å². The summed E-state index contributed by atoms with van der Waals surface area (Å²) < 4.78 is 0. The second kappa shape index (κ2) is 7.40. The van der Waals surface area contributed by atoms with E-state index in [1.165, 1.54) is 25.3 Å². The molecule has 0 saturated carbocycles. The molecular weight excluding hydrogens is 324 g/mol. The zero-order chi connectivity index (χ0) is 17.6. The highest BCUT2D eigenvalue weighted by atomic mass is 15.0. The zero-order valence-corrected chi connectivity index (χ0v) is 13.8. The molecule has 0 atom stereocenters. The molecule has 0 aliphatic heterocycles. The van der Waals surface area contributed by atoms with E-state index in [2.05, 4.69) is 29.9 Å². The van der Waals surface area contributed by atoms with Gasteiger partial charge in [-0.1, -0.05) is 60.7 Å². The molecule has 0 bridgehead atoms. The van der Waals surface area contributed by atoms with Crippen LogP contribution >= 0.6 is 0 Å². The molecule has 26 heavy (non-hydrogen) atoms. The molecule has 0 fully saturated rings. The van der Waals surface area contributed by atoms with Gasteiger partial charge in [-0.05, 0) is 11.1 Å². The van der Waals surface area contributed by atoms with Crippen LogP contribution in [0.2, 0.25) is 0 Å². The van der Waals surface area contributed by atoms with Crippen LogP contribution in [0, 0.1) is 0 Å². The van der Waals surface area contributed by atoms with Crippen LogP contribution in [0.1, 0.15) is 22.8 Å². The van der Waals surface area contributed by atoms with Crippen molar-refractivity contribution >= 4 is 11.1 Å². The van der Waals surface area contributed by atoms with Gasteiger partial charge in [-0.15, -0.1) is 0 Å². The van der Waals surface area contributed by atoms with E-state index in [0.29, 0.717) is 11.6 Å². The van der Waals surface area contributed by atoms with Crippen molar-refractivity contribution in [3.05, 3.63) is 109 Å². The predicted octanol–water partition coefficient (Wildman–Crippen LogP) is 3.06. The monoisotopic (exact) mass is 338 g/mol. The Bertz CT molecular complexity index is 835. The van der Waals surface area contributed by atoms with Crippen LogP contribution in [0.4, 0.5) is 0 Å². The number of hydrogen-bond acceptors (Lipinski definition) is 6. The Labute approximate surface area is 150 Å². The smallest absolute Gasteiger partial charge is 0.164 e. The van der Waals surface area contributed by atoms with Gasteiger partial charge < -0.3 is 0 Å². The van der Waals surface area contributed by atoms with Gasteiger partial charge in [0.1, 0.15) is 25.3 Å². The van der Waals surface area contributed by atoms with Gasteiger partial charge in [0.2, 0.25) is 0 Å². The number of aromatic nitrogens is 6. The summed E-state index contributed by atoms with van der Waals surface area (Å²) >= 11 is 0. The molecule has 4 rings (SSSR count). The third-order valence-corrected chi connectivity index (χ3v) is 3.81. The molecule has 4 aromatic rings. The molecule has 2 aromatic heterocycles. The first-order valence-electron chi connectivity index (χ1n) is 8.03. The first-order valence-corrected chi connectivity index (χ1v) is 8.03. The number of nitrogens with zero attached hydrogens (tertiary/aromatic N) is 6. The fourth-order valence-corrected chi connectivity index (χ4v) is 2.72. The van der Waals surface area contributed by atoms with E-state index in [1.54, 1.807) is 0 Å². The van der Waals surface area contributed by atoms with Gasteiger partial charge in [0.25, 0.3) is 0 Å². The highest BCUT2D eigenvalue weighted by molar-refractivity contribution is 6.01. The maximum Gasteiger partial charge on any atom is 0.164 e. The van der Waals surface area contributed by atoms with Crippen LogP contribution in [0.5, 0.6) is 0 Å². The van der Waals surface area contributed by atoms with Crippen LogP contribution in [0.15, 0.2) is 86.0 Å². The highest BCUT2D eigenvalue weighted by Gasteiger charge is 2.19. The van der Waals surface area contributed by atoms with Gasteiger partial charge in [0, 0.05) is 11.1 Å². The molecule has 0 spiro atoms. The maximum absolute atomic E-state index is 4.38. The molecule has 2 heterocycles. The summed E-state index contributed by atoms with van der Waals surface area (Å²) in [6, 6.07) is 19.9. The normalized spacial score (nSPS) is 11.7. The largest absolute Gasteiger partial charge is 0.225 e. The lowest BCUT2D eigenvalue weighted by Gasteiger charge is -2.14. The third-order valence-electron chi connectivity index (χ3n) is 3.81. The van der Waals surface area contributed by atoms with Crippen LogP contribution in [0.3, 0.4) is 0 Å². The highest BCUT2D eigenvalue weighted by Crippen LogP contribution is 2.33. The lowest BCUT2D eigenvalue weighted by Crippen LogP contribution is -2.04. The zero-order valence-electron chi connectivity index (χ0n) is 13.8. The van der Waals surface area contributed by atoms with Crippen molar-refractivity contribution in [2.75, 3.05) is 0 Å². The number of hydrogen-bond donors (Lipinski definition) is 0. The van der Waals surface area contributed by atoms with Crippen molar-refractivity contribution in [2.45, 2.75) is 0 Å². The van der Waals surface area contributed by atoms with Gasteiger partial charge in [-0.2, -0.15) is 0 Å². The minimum atomic E-state index is 0.561. The lowest BCUT2D eigenvalue weighted by atomic mass is 9.93. The molecule has 0 N–H and O–H groups in total. The molecule has 2 aromatic carbocycles. The van der Waals surface area contributed by atoms with Gasteiger partial charge in [-0.25, -0.2) is 29.9 Å². The average molecular weight is 338 g/mol. The van der Waals surface area contributed by atoms with Gasteiger partial charge in [-0.3, -0.25) is 0 Å². The molecular formula is C20H14N6. The molecule has 6 heteroatoms. The van der Waals surface area contributed by atoms with E-state index in [1.807, 2.05) is 60.7 Å². The first kappa shape index (κ1) is 15.7. The van der Waals surface area contributed by atoms with E-state index in [4.69, 9.17) is 0 Å². The van der Waals surface area contributed by atoms with Crippen molar-refractivity contribution in [2.24, 2.45) is 0 Å². The van der Waals surface area contributed by atoms with E-state index >= 15 is 0 Å². The minimum absolute atomic E-state index is 0.561. The van der Waals surface area contributed by atoms with Crippen LogP contribution in [-0.2, 0) is 0 Å². The Balaban J connectivity index is 2.09. The molecule has 0 radical (unpaired) electrons. The van der Waals surface area contributed by atoms with Crippen molar-refractivity contribution in [3.8, 4) is 0 Å². The van der Waals surface area contributed by atoms with Crippen LogP contribution in [0.25, 0.3) is 11.1 Å². The van der Waals surface area contributed by atoms with Gasteiger partial charge >= 0.3 is 0 Å². The maximum atomic E-state index is 4.38. The summed E-state index contributed by atoms with van der Waals surface area (Å²) in [5.74, 6) is 1.12. The first-order chi connectivity index (χ1) is 12.9. The van der Waals surface area contributed by atoms with E-state index in [0.717, 1.165) is 22.3 Å². The lowest BCUT2D eigenvalue weighted by molar-refractivity contribution is 1.00. The van der Waals surface area contributed by atoms with Crippen LogP contribution in [-0.4, -0.2) is 29.9 Å². The Morgan fingerprint density at radius 2 is 0.808 bits per heavy atom. The Hall–Kier alpha value is -3.80. The Morgan fingerprint density at radius 1 is 0.462 bits per heavy atom. The summed E-state index contributed by atoms with van der Waals surface area (Å²) in [6.45, 7) is 0. The number of rotatable bonds is 4. The second-order valence-corrected chi connectivity index (χ2v) is 5.41. The average Bonchev–Trinajstić information content (AvgIpc) is 2.74. The second-order valence-electron chi connectivity index (χ2n) is 5.41. The molecule has 124 valence electrons. The summed E-state index contributed by atoms with van der Waals surface area (Å²) in [6.07, 6.45) is 5.95. The van der Waals surface area contributed by atoms with Crippen LogP contribution < -0.4 is 0 Å². The Morgan fingerprint density at radius 3 is 1.15 bits per heavy atom. The van der Waals surface area contributed by atoms with E-state index in [9.17, 15) is 0 Å². The molecule has 0 amide bonds. The summed E-state index contributed by atoms with van der Waals surface area (Å²) in [7, 11) is 0. The predicted molar refractivity (Wildman–Crippen MR) is 97.6 cm³/mol. The minimum Gasteiger partial charge on any atom is -0.225 e. The Kier molecular flexibility index (Phi) is 4.47. The summed E-state index contributed by atoms with van der Waals surface area (Å²) in [5.41, 5.74) is 3.62. The third kappa shape index (κ3) is 3.21. The quantitative estimate of drug-likeness (QED) is 0.532. The van der Waals surface area contributed by atoms with Gasteiger partial charge in [0.15, 0.2) is 11.6 Å². The summed E-state index contributed by atoms with van der Waals surface area (Å²) in [5, 5.41) is 0. The molecule has 0 saturated heterocycles. The molecule has 0 aliphatic carbocycles. The fraction of sp³-hybridized carbons (Fsp3) is 0. The summed E-state index contributed by atoms with van der Waals surface area (Å²) in [4.78, 5) is 25.4. The SMILES string of the molecule is c1ccc(C(=C(c2ccccc2)c2ncncn2)c2ncncn2)cc1. The van der Waals surface area contributed by atoms with Crippen molar-refractivity contribution in [1.29, 1.82) is 0 Å². The molecule has 0 unspecified atom stereocenters. The topological polar surface area (TPSA) is 77.3 Å². The standard InChI is InChI=1S/C20H14N6/c1-3-7-15(8-4-1)17(19-23-11-21-12-24-19)18(16-9-5-2-6-10-16)20-25-13-22-14-26-20/h1-14H.